The van der Waals surface area contributed by atoms with E-state index in [0.29, 0.717) is 11.7 Å². The quantitative estimate of drug-likeness (QED) is 0.544. The second-order valence-electron chi connectivity index (χ2n) is 5.06. The van der Waals surface area contributed by atoms with Crippen molar-refractivity contribution in [3.63, 3.8) is 0 Å². The molecule has 0 aliphatic rings. The third-order valence-electron chi connectivity index (χ3n) is 3.39. The molecule has 2 heterocycles. The van der Waals surface area contributed by atoms with E-state index in [-0.39, 0.29) is 0 Å². The van der Waals surface area contributed by atoms with E-state index >= 15 is 0 Å². The van der Waals surface area contributed by atoms with Gasteiger partial charge in [0.05, 0.1) is 12.7 Å². The van der Waals surface area contributed by atoms with Gasteiger partial charge in [-0.3, -0.25) is 4.98 Å². The first-order valence-corrected chi connectivity index (χ1v) is 7.57. The van der Waals surface area contributed by atoms with E-state index in [9.17, 15) is 0 Å². The number of nitrogens with one attached hydrogen (secondary N) is 1. The second-order valence-corrected chi connectivity index (χ2v) is 5.06. The second kappa shape index (κ2) is 7.83. The van der Waals surface area contributed by atoms with E-state index in [2.05, 4.69) is 15.1 Å². The van der Waals surface area contributed by atoms with Crippen molar-refractivity contribution in [3.8, 4) is 28.3 Å². The number of ether oxygens (including phenoxy) is 1. The summed E-state index contributed by atoms with van der Waals surface area (Å²) in [5.41, 5.74) is 2.66. The Morgan fingerprint density at radius 1 is 1.04 bits per heavy atom. The number of methoxy groups -OCH3 is 1. The van der Waals surface area contributed by atoms with Gasteiger partial charge in [0.15, 0.2) is 5.82 Å². The summed E-state index contributed by atoms with van der Waals surface area (Å²) in [6, 6.07) is 9.69. The molecule has 0 bridgehead atoms. The molecule has 2 aromatic heterocycles. The monoisotopic (exact) mass is 332 g/mol. The van der Waals surface area contributed by atoms with E-state index in [4.69, 9.17) is 14.7 Å². The molecule has 0 aliphatic carbocycles. The standard InChI is InChI=1S/C19H16N4O2/c1-24-17-7-5-6-14(11-17)15-10-16(13-21-12-15)19-22-18(23-25-19)8-3-2-4-9-20/h2-13,20H,1H3/b4-2-,8-3+,20-9?. The van der Waals surface area contributed by atoms with Gasteiger partial charge >= 0.3 is 0 Å². The summed E-state index contributed by atoms with van der Waals surface area (Å²) in [5, 5.41) is 10.8. The maximum absolute atomic E-state index is 6.91. The molecule has 0 radical (unpaired) electrons. The van der Waals surface area contributed by atoms with Crippen molar-refractivity contribution in [3.05, 3.63) is 66.8 Å². The lowest BCUT2D eigenvalue weighted by Gasteiger charge is -2.05. The van der Waals surface area contributed by atoms with Crippen LogP contribution in [0.15, 0.2) is 65.5 Å². The number of aromatic nitrogens is 3. The Hall–Kier alpha value is -3.54. The molecule has 3 aromatic rings. The topological polar surface area (TPSA) is 84.9 Å². The van der Waals surface area contributed by atoms with Gasteiger partial charge in [-0.05, 0) is 35.9 Å². The molecule has 25 heavy (non-hydrogen) atoms. The van der Waals surface area contributed by atoms with Gasteiger partial charge in [0, 0.05) is 24.2 Å². The number of allylic oxidation sites excluding steroid dienone is 3. The number of rotatable bonds is 6. The van der Waals surface area contributed by atoms with Crippen molar-refractivity contribution in [1.29, 1.82) is 5.41 Å². The smallest absolute Gasteiger partial charge is 0.259 e. The Balaban J connectivity index is 1.86. The molecule has 0 saturated heterocycles. The molecule has 6 nitrogen and oxygen atoms in total. The van der Waals surface area contributed by atoms with Gasteiger partial charge in [0.25, 0.3) is 5.89 Å². The lowest BCUT2D eigenvalue weighted by atomic mass is 10.1. The Kier molecular flexibility index (Phi) is 5.11. The molecule has 0 saturated carbocycles. The zero-order chi connectivity index (χ0) is 17.5. The van der Waals surface area contributed by atoms with Crippen molar-refractivity contribution in [2.45, 2.75) is 0 Å². The average Bonchev–Trinajstić information content (AvgIpc) is 3.14. The summed E-state index contributed by atoms with van der Waals surface area (Å²) >= 11 is 0. The van der Waals surface area contributed by atoms with Gasteiger partial charge < -0.3 is 14.7 Å². The highest BCUT2D eigenvalue weighted by atomic mass is 16.5. The van der Waals surface area contributed by atoms with Crippen LogP contribution in [0.2, 0.25) is 0 Å². The Bertz CT molecular complexity index is 928. The van der Waals surface area contributed by atoms with Crippen LogP contribution >= 0.6 is 0 Å². The molecule has 0 unspecified atom stereocenters. The van der Waals surface area contributed by atoms with Gasteiger partial charge in [-0.2, -0.15) is 4.98 Å². The molecular weight excluding hydrogens is 316 g/mol. The van der Waals surface area contributed by atoms with Crippen molar-refractivity contribution in [1.82, 2.24) is 15.1 Å². The first kappa shape index (κ1) is 16.3. The van der Waals surface area contributed by atoms with Crippen LogP contribution in [0.25, 0.3) is 28.7 Å². The fourth-order valence-corrected chi connectivity index (χ4v) is 2.20. The van der Waals surface area contributed by atoms with Crippen LogP contribution in [-0.4, -0.2) is 28.4 Å². The fraction of sp³-hybridized carbons (Fsp3) is 0.0526. The van der Waals surface area contributed by atoms with Crippen molar-refractivity contribution in [2.24, 2.45) is 0 Å². The Morgan fingerprint density at radius 2 is 1.92 bits per heavy atom. The minimum atomic E-state index is 0.396. The van der Waals surface area contributed by atoms with E-state index in [0.717, 1.165) is 22.4 Å². The zero-order valence-electron chi connectivity index (χ0n) is 13.6. The summed E-state index contributed by atoms with van der Waals surface area (Å²) in [7, 11) is 1.64. The molecule has 0 fully saturated rings. The number of benzene rings is 1. The van der Waals surface area contributed by atoms with Crippen molar-refractivity contribution < 1.29 is 9.26 Å². The normalized spacial score (nSPS) is 11.2. The van der Waals surface area contributed by atoms with Crippen molar-refractivity contribution in [2.75, 3.05) is 7.11 Å². The maximum Gasteiger partial charge on any atom is 0.259 e. The highest BCUT2D eigenvalue weighted by molar-refractivity contribution is 5.70. The highest BCUT2D eigenvalue weighted by Crippen LogP contribution is 2.26. The van der Waals surface area contributed by atoms with Gasteiger partial charge in [-0.15, -0.1) is 0 Å². The zero-order valence-corrected chi connectivity index (χ0v) is 13.6. The van der Waals surface area contributed by atoms with Crippen LogP contribution in [0.5, 0.6) is 5.75 Å². The predicted octanol–water partition coefficient (Wildman–Crippen LogP) is 4.03. The molecule has 0 aliphatic heterocycles. The molecule has 6 heteroatoms. The number of nitrogens with zero attached hydrogens (tertiary/aromatic N) is 3. The van der Waals surface area contributed by atoms with Crippen molar-refractivity contribution >= 4 is 12.3 Å². The third kappa shape index (κ3) is 4.06. The van der Waals surface area contributed by atoms with Crippen LogP contribution in [-0.2, 0) is 0 Å². The minimum Gasteiger partial charge on any atom is -0.497 e. The summed E-state index contributed by atoms with van der Waals surface area (Å²) in [5.74, 6) is 1.63. The lowest BCUT2D eigenvalue weighted by molar-refractivity contribution is 0.415. The van der Waals surface area contributed by atoms with Crippen LogP contribution in [0.4, 0.5) is 0 Å². The molecule has 1 aromatic carbocycles. The lowest BCUT2D eigenvalue weighted by Crippen LogP contribution is -1.86. The van der Waals surface area contributed by atoms with Gasteiger partial charge in [-0.1, -0.05) is 29.4 Å². The molecule has 0 spiro atoms. The van der Waals surface area contributed by atoms with Crippen LogP contribution in [0.3, 0.4) is 0 Å². The SMILES string of the molecule is COc1cccc(-c2cncc(-c3nc(/C=C/C=C\C=N)no3)c2)c1. The van der Waals surface area contributed by atoms with E-state index in [1.165, 1.54) is 6.21 Å². The Morgan fingerprint density at radius 3 is 2.76 bits per heavy atom. The summed E-state index contributed by atoms with van der Waals surface area (Å²) < 4.78 is 10.6. The van der Waals surface area contributed by atoms with Crippen LogP contribution in [0, 0.1) is 5.41 Å². The molecule has 0 amide bonds. The number of hydrogen-bond donors (Lipinski definition) is 1. The fourth-order valence-electron chi connectivity index (χ4n) is 2.20. The summed E-state index contributed by atoms with van der Waals surface area (Å²) in [6.07, 6.45) is 11.4. The average molecular weight is 332 g/mol. The van der Waals surface area contributed by atoms with Gasteiger partial charge in [0.1, 0.15) is 5.75 Å². The number of pyridine rings is 1. The molecule has 124 valence electrons. The number of hydrogen-bond acceptors (Lipinski definition) is 6. The van der Waals surface area contributed by atoms with Gasteiger partial charge in [0.2, 0.25) is 0 Å². The van der Waals surface area contributed by atoms with E-state index < -0.39 is 0 Å². The summed E-state index contributed by atoms with van der Waals surface area (Å²) in [6.45, 7) is 0. The first-order chi connectivity index (χ1) is 12.3. The molecule has 1 N–H and O–H groups in total. The summed E-state index contributed by atoms with van der Waals surface area (Å²) in [4.78, 5) is 8.59. The maximum atomic E-state index is 6.91. The van der Waals surface area contributed by atoms with E-state index in [1.54, 1.807) is 43.8 Å². The Labute approximate surface area is 145 Å². The highest BCUT2D eigenvalue weighted by Gasteiger charge is 2.09. The minimum absolute atomic E-state index is 0.396. The molecule has 0 atom stereocenters. The molecular formula is C19H16N4O2. The van der Waals surface area contributed by atoms with Crippen LogP contribution < -0.4 is 4.74 Å². The predicted molar refractivity (Wildman–Crippen MR) is 96.5 cm³/mol. The first-order valence-electron chi connectivity index (χ1n) is 7.57. The largest absolute Gasteiger partial charge is 0.497 e. The van der Waals surface area contributed by atoms with Gasteiger partial charge in [-0.25, -0.2) is 0 Å². The van der Waals surface area contributed by atoms with Crippen LogP contribution in [0.1, 0.15) is 5.82 Å². The molecule has 3 rings (SSSR count). The third-order valence-corrected chi connectivity index (χ3v) is 3.39. The van der Waals surface area contributed by atoms with E-state index in [1.807, 2.05) is 30.3 Å².